The van der Waals surface area contributed by atoms with Crippen LogP contribution in [0, 0.1) is 0 Å². The summed E-state index contributed by atoms with van der Waals surface area (Å²) in [5.74, 6) is 0.223. The second-order valence-corrected chi connectivity index (χ2v) is 3.64. The highest BCUT2D eigenvalue weighted by Gasteiger charge is 2.11. The van der Waals surface area contributed by atoms with E-state index < -0.39 is 0 Å². The number of hydrogen-bond donors (Lipinski definition) is 1. The van der Waals surface area contributed by atoms with E-state index in [0.717, 1.165) is 0 Å². The van der Waals surface area contributed by atoms with E-state index in [0.29, 0.717) is 11.5 Å². The summed E-state index contributed by atoms with van der Waals surface area (Å²) in [5.41, 5.74) is 0.467. The number of nitrogens with zero attached hydrogens (tertiary/aromatic N) is 5. The Morgan fingerprint density at radius 1 is 1.59 bits per heavy atom. The first-order valence-electron chi connectivity index (χ1n) is 4.78. The average Bonchev–Trinajstić information content (AvgIpc) is 2.68. The van der Waals surface area contributed by atoms with Gasteiger partial charge in [0.15, 0.2) is 11.0 Å². The molecule has 17 heavy (non-hydrogen) atoms. The van der Waals surface area contributed by atoms with Crippen LogP contribution in [0.5, 0.6) is 0 Å². The molecule has 0 spiro atoms. The third-order valence-corrected chi connectivity index (χ3v) is 2.36. The molecule has 0 radical (unpaired) electrons. The van der Waals surface area contributed by atoms with Gasteiger partial charge < -0.3 is 5.32 Å². The molecule has 0 aliphatic rings. The number of amides is 1. The number of carbonyl (C=O) groups is 1. The summed E-state index contributed by atoms with van der Waals surface area (Å²) in [6.07, 6.45) is 1.62. The van der Waals surface area contributed by atoms with Gasteiger partial charge in [0, 0.05) is 13.2 Å². The van der Waals surface area contributed by atoms with Crippen LogP contribution in [0.4, 0.5) is 5.69 Å². The van der Waals surface area contributed by atoms with Gasteiger partial charge >= 0.3 is 0 Å². The van der Waals surface area contributed by atoms with Crippen molar-refractivity contribution >= 4 is 23.2 Å². The van der Waals surface area contributed by atoms with Gasteiger partial charge in [0.25, 0.3) is 0 Å². The van der Waals surface area contributed by atoms with Crippen molar-refractivity contribution in [1.82, 2.24) is 25.2 Å². The molecule has 2 rings (SSSR count). The van der Waals surface area contributed by atoms with Crippen molar-refractivity contribution in [1.29, 1.82) is 0 Å². The zero-order chi connectivity index (χ0) is 12.3. The molecule has 0 saturated heterocycles. The largest absolute Gasteiger partial charge is 0.323 e. The summed E-state index contributed by atoms with van der Waals surface area (Å²) in [6.45, 7) is 0. The predicted octanol–water partition coefficient (Wildman–Crippen LogP) is 0.440. The molecule has 0 bridgehead atoms. The van der Waals surface area contributed by atoms with E-state index in [1.54, 1.807) is 25.4 Å². The number of aryl methyl sites for hydroxylation is 1. The Labute approximate surface area is 102 Å². The summed E-state index contributed by atoms with van der Waals surface area (Å²) >= 11 is 5.81. The Morgan fingerprint density at radius 3 is 3.06 bits per heavy atom. The lowest BCUT2D eigenvalue weighted by atomic mass is 10.3. The van der Waals surface area contributed by atoms with Crippen LogP contribution in [0.2, 0.25) is 5.15 Å². The van der Waals surface area contributed by atoms with Gasteiger partial charge in [-0.3, -0.25) is 4.79 Å². The normalized spacial score (nSPS) is 10.2. The average molecular weight is 253 g/mol. The number of aromatic nitrogens is 5. The highest BCUT2D eigenvalue weighted by Crippen LogP contribution is 2.17. The van der Waals surface area contributed by atoms with Crippen molar-refractivity contribution in [3.8, 4) is 0 Å². The number of hydrogen-bond acceptors (Lipinski definition) is 5. The first-order chi connectivity index (χ1) is 8.16. The van der Waals surface area contributed by atoms with E-state index in [2.05, 4.69) is 25.8 Å². The van der Waals surface area contributed by atoms with E-state index in [1.807, 2.05) is 0 Å². The Kier molecular flexibility index (Phi) is 3.29. The van der Waals surface area contributed by atoms with Crippen molar-refractivity contribution < 1.29 is 4.79 Å². The van der Waals surface area contributed by atoms with Crippen LogP contribution >= 0.6 is 11.6 Å². The molecule has 0 aliphatic heterocycles. The molecule has 0 aliphatic carbocycles. The number of rotatable bonds is 3. The van der Waals surface area contributed by atoms with Crippen molar-refractivity contribution in [2.75, 3.05) is 5.32 Å². The van der Waals surface area contributed by atoms with Gasteiger partial charge in [0.1, 0.15) is 0 Å². The van der Waals surface area contributed by atoms with Crippen molar-refractivity contribution in [3.05, 3.63) is 29.3 Å². The van der Waals surface area contributed by atoms with Crippen LogP contribution < -0.4 is 5.32 Å². The lowest BCUT2D eigenvalue weighted by Gasteiger charge is -2.05. The molecule has 88 valence electrons. The summed E-state index contributed by atoms with van der Waals surface area (Å²) in [6, 6.07) is 3.35. The lowest BCUT2D eigenvalue weighted by molar-refractivity contribution is -0.115. The zero-order valence-electron chi connectivity index (χ0n) is 8.96. The van der Waals surface area contributed by atoms with E-state index in [4.69, 9.17) is 11.6 Å². The molecule has 0 saturated carbocycles. The lowest BCUT2D eigenvalue weighted by Crippen LogP contribution is -2.17. The minimum Gasteiger partial charge on any atom is -0.323 e. The zero-order valence-corrected chi connectivity index (χ0v) is 9.72. The molecule has 2 aromatic heterocycles. The molecular formula is C9H9ClN6O. The van der Waals surface area contributed by atoms with Gasteiger partial charge in [0.2, 0.25) is 5.91 Å². The monoisotopic (exact) mass is 252 g/mol. The first kappa shape index (κ1) is 11.5. The van der Waals surface area contributed by atoms with Crippen LogP contribution in [0.15, 0.2) is 18.3 Å². The Morgan fingerprint density at radius 2 is 2.41 bits per heavy atom. The maximum absolute atomic E-state index is 11.7. The Hall–Kier alpha value is -2.02. The van der Waals surface area contributed by atoms with Crippen LogP contribution in [0.3, 0.4) is 0 Å². The first-order valence-corrected chi connectivity index (χ1v) is 5.16. The number of anilines is 1. The van der Waals surface area contributed by atoms with Crippen molar-refractivity contribution in [2.24, 2.45) is 7.05 Å². The van der Waals surface area contributed by atoms with Crippen molar-refractivity contribution in [2.45, 2.75) is 6.42 Å². The van der Waals surface area contributed by atoms with E-state index in [9.17, 15) is 4.79 Å². The Bertz CT molecular complexity index is 540. The summed E-state index contributed by atoms with van der Waals surface area (Å²) in [4.78, 5) is 15.5. The van der Waals surface area contributed by atoms with Crippen LogP contribution in [-0.2, 0) is 18.3 Å². The molecule has 2 heterocycles. The second kappa shape index (κ2) is 4.88. The number of carbonyl (C=O) groups excluding carboxylic acids is 1. The molecule has 0 unspecified atom stereocenters. The minimum atomic E-state index is -0.252. The quantitative estimate of drug-likeness (QED) is 0.801. The van der Waals surface area contributed by atoms with Gasteiger partial charge in [-0.1, -0.05) is 11.6 Å². The highest BCUT2D eigenvalue weighted by atomic mass is 35.5. The number of pyridine rings is 1. The Balaban J connectivity index is 2.03. The SMILES string of the molecule is Cn1nnnc1CC(=O)Nc1cccnc1Cl. The molecule has 2 aromatic rings. The summed E-state index contributed by atoms with van der Waals surface area (Å²) < 4.78 is 1.43. The fourth-order valence-electron chi connectivity index (χ4n) is 1.22. The van der Waals surface area contributed by atoms with E-state index in [-0.39, 0.29) is 17.5 Å². The molecule has 0 aromatic carbocycles. The van der Waals surface area contributed by atoms with Gasteiger partial charge in [-0.15, -0.1) is 5.10 Å². The molecule has 0 fully saturated rings. The minimum absolute atomic E-state index is 0.0781. The predicted molar refractivity (Wildman–Crippen MR) is 60.4 cm³/mol. The van der Waals surface area contributed by atoms with Crippen LogP contribution in [0.25, 0.3) is 0 Å². The number of tetrazole rings is 1. The third kappa shape index (κ3) is 2.76. The van der Waals surface area contributed by atoms with Gasteiger partial charge in [-0.2, -0.15) is 0 Å². The topological polar surface area (TPSA) is 85.6 Å². The summed E-state index contributed by atoms with van der Waals surface area (Å²) in [7, 11) is 1.67. The molecule has 8 heteroatoms. The van der Waals surface area contributed by atoms with Gasteiger partial charge in [0.05, 0.1) is 12.1 Å². The fraction of sp³-hybridized carbons (Fsp3) is 0.222. The molecule has 0 atom stereocenters. The second-order valence-electron chi connectivity index (χ2n) is 3.29. The van der Waals surface area contributed by atoms with E-state index in [1.165, 1.54) is 4.68 Å². The molecular weight excluding hydrogens is 244 g/mol. The number of nitrogens with one attached hydrogen (secondary N) is 1. The van der Waals surface area contributed by atoms with Crippen molar-refractivity contribution in [3.63, 3.8) is 0 Å². The fourth-order valence-corrected chi connectivity index (χ4v) is 1.38. The summed E-state index contributed by atoms with van der Waals surface area (Å²) in [5, 5.41) is 13.7. The third-order valence-electron chi connectivity index (χ3n) is 2.06. The van der Waals surface area contributed by atoms with E-state index >= 15 is 0 Å². The smallest absolute Gasteiger partial charge is 0.232 e. The molecule has 1 N–H and O–H groups in total. The van der Waals surface area contributed by atoms with Crippen LogP contribution in [0.1, 0.15) is 5.82 Å². The van der Waals surface area contributed by atoms with Crippen LogP contribution in [-0.4, -0.2) is 31.1 Å². The maximum atomic E-state index is 11.7. The molecule has 7 nitrogen and oxygen atoms in total. The molecule has 1 amide bonds. The van der Waals surface area contributed by atoms with Gasteiger partial charge in [-0.25, -0.2) is 9.67 Å². The number of halogens is 1. The highest BCUT2D eigenvalue weighted by molar-refractivity contribution is 6.32. The maximum Gasteiger partial charge on any atom is 0.232 e. The standard InChI is InChI=1S/C9H9ClN6O/c1-16-7(13-14-15-16)5-8(17)12-6-3-2-4-11-9(6)10/h2-4H,5H2,1H3,(H,12,17). The van der Waals surface area contributed by atoms with Gasteiger partial charge in [-0.05, 0) is 22.6 Å².